The van der Waals surface area contributed by atoms with Gasteiger partial charge < -0.3 is 20.4 Å². The summed E-state index contributed by atoms with van der Waals surface area (Å²) in [5.74, 6) is -1.14. The normalized spacial score (nSPS) is 20.9. The number of hydrogen-bond acceptors (Lipinski definition) is 7. The Morgan fingerprint density at radius 1 is 1.18 bits per heavy atom. The summed E-state index contributed by atoms with van der Waals surface area (Å²) in [6, 6.07) is 12.7. The van der Waals surface area contributed by atoms with E-state index < -0.39 is 22.0 Å². The number of likely N-dealkylation sites (tertiary alicyclic amines) is 1. The van der Waals surface area contributed by atoms with Crippen LogP contribution in [0, 0.1) is 0 Å². The molecule has 2 amide bonds. The van der Waals surface area contributed by atoms with Gasteiger partial charge in [0.2, 0.25) is 10.0 Å². The third-order valence-corrected chi connectivity index (χ3v) is 10.6. The molecular weight excluding hydrogens is 594 g/mol. The van der Waals surface area contributed by atoms with Crippen molar-refractivity contribution >= 4 is 70.2 Å². The Morgan fingerprint density at radius 2 is 2.00 bits per heavy atom. The molecule has 2 saturated heterocycles. The molecule has 0 aliphatic carbocycles. The first-order valence-corrected chi connectivity index (χ1v) is 15.2. The van der Waals surface area contributed by atoms with Gasteiger partial charge in [0.1, 0.15) is 21.7 Å². The van der Waals surface area contributed by atoms with E-state index in [-0.39, 0.29) is 42.2 Å². The van der Waals surface area contributed by atoms with Crippen molar-refractivity contribution in [3.05, 3.63) is 57.6 Å². The molecule has 198 valence electrons. The van der Waals surface area contributed by atoms with Gasteiger partial charge in [0.05, 0.1) is 22.9 Å². The summed E-state index contributed by atoms with van der Waals surface area (Å²) in [7, 11) is -4.19. The number of nitrogens with zero attached hydrogens (tertiary/aromatic N) is 3. The number of carbonyl (C=O) groups is 2. The summed E-state index contributed by atoms with van der Waals surface area (Å²) in [6.07, 6.45) is 0.641. The number of morpholine rings is 1. The molecule has 10 nitrogen and oxygen atoms in total. The zero-order valence-corrected chi connectivity index (χ0v) is 23.3. The second-order valence-corrected chi connectivity index (χ2v) is 13.2. The van der Waals surface area contributed by atoms with Crippen LogP contribution in [0.4, 0.5) is 0 Å². The molecule has 2 aliphatic heterocycles. The molecule has 0 saturated carbocycles. The van der Waals surface area contributed by atoms with Crippen molar-refractivity contribution in [2.45, 2.75) is 29.9 Å². The number of benzene rings is 2. The highest BCUT2D eigenvalue weighted by Gasteiger charge is 2.42. The fraction of sp³-hybridized carbons (Fsp3) is 0.320. The number of H-pyrrole nitrogens is 1. The predicted molar refractivity (Wildman–Crippen MR) is 146 cm³/mol. The van der Waals surface area contributed by atoms with E-state index in [0.717, 1.165) is 28.1 Å². The van der Waals surface area contributed by atoms with E-state index in [1.54, 1.807) is 34.4 Å². The molecule has 0 spiro atoms. The van der Waals surface area contributed by atoms with Crippen LogP contribution in [0.25, 0.3) is 21.1 Å². The van der Waals surface area contributed by atoms with Gasteiger partial charge in [-0.3, -0.25) is 9.59 Å². The summed E-state index contributed by atoms with van der Waals surface area (Å²) in [5, 5.41) is 1.21. The van der Waals surface area contributed by atoms with Crippen LogP contribution in [0.2, 0.25) is 0 Å². The van der Waals surface area contributed by atoms with Crippen LogP contribution >= 0.6 is 27.3 Å². The number of thiazole rings is 1. The number of aromatic amines is 1. The number of amides is 2. The Balaban J connectivity index is 1.29. The van der Waals surface area contributed by atoms with Crippen LogP contribution in [0.15, 0.2) is 51.8 Å². The molecule has 2 fully saturated rings. The topological polar surface area (TPSA) is 139 Å². The van der Waals surface area contributed by atoms with E-state index in [1.165, 1.54) is 4.31 Å². The smallest absolute Gasteiger partial charge is 0.266 e. The van der Waals surface area contributed by atoms with Crippen LogP contribution in [0.5, 0.6) is 0 Å². The van der Waals surface area contributed by atoms with Crippen LogP contribution in [-0.2, 0) is 19.6 Å². The number of fused-ring (bicyclic) bond motifs is 2. The van der Waals surface area contributed by atoms with Gasteiger partial charge in [-0.15, -0.1) is 11.3 Å². The van der Waals surface area contributed by atoms with Crippen molar-refractivity contribution in [2.75, 3.05) is 26.2 Å². The number of hydrogen-bond donors (Lipinski definition) is 2. The average Bonchev–Trinajstić information content (AvgIpc) is 3.64. The Labute approximate surface area is 230 Å². The van der Waals surface area contributed by atoms with Gasteiger partial charge in [-0.1, -0.05) is 28.1 Å². The minimum Gasteiger partial charge on any atom is -0.366 e. The SMILES string of the molecule is NC(=O)c1[nH]c2ccc(Br)cc2c1S(=O)(=O)N1CCOC(C(=O)N2CCCC2c2nc3ccccc3s2)C1. The number of para-hydroxylation sites is 1. The van der Waals surface area contributed by atoms with Crippen molar-refractivity contribution in [2.24, 2.45) is 5.73 Å². The number of primary amides is 1. The van der Waals surface area contributed by atoms with Crippen LogP contribution in [0.1, 0.15) is 34.4 Å². The third-order valence-electron chi connectivity index (χ3n) is 6.99. The zero-order valence-electron chi connectivity index (χ0n) is 20.1. The minimum absolute atomic E-state index is 0.0479. The number of rotatable bonds is 5. The lowest BCUT2D eigenvalue weighted by atomic mass is 10.2. The van der Waals surface area contributed by atoms with Crippen LogP contribution in [-0.4, -0.2) is 71.8 Å². The molecule has 4 aromatic rings. The van der Waals surface area contributed by atoms with Crippen molar-refractivity contribution in [3.8, 4) is 0 Å². The largest absolute Gasteiger partial charge is 0.366 e. The summed E-state index contributed by atoms with van der Waals surface area (Å²) in [4.78, 5) is 35.0. The maximum Gasteiger partial charge on any atom is 0.266 e. The first-order valence-electron chi connectivity index (χ1n) is 12.1. The van der Waals surface area contributed by atoms with Gasteiger partial charge in [0.15, 0.2) is 0 Å². The Morgan fingerprint density at radius 3 is 2.79 bits per heavy atom. The van der Waals surface area contributed by atoms with E-state index in [0.29, 0.717) is 21.9 Å². The summed E-state index contributed by atoms with van der Waals surface area (Å²) < 4.78 is 36.5. The number of aromatic nitrogens is 2. The first kappa shape index (κ1) is 25.4. The molecule has 6 rings (SSSR count). The molecular formula is C25H24BrN5O5S2. The predicted octanol–water partition coefficient (Wildman–Crippen LogP) is 3.39. The molecule has 2 aliphatic rings. The monoisotopic (exact) mass is 617 g/mol. The number of nitrogens with two attached hydrogens (primary N) is 1. The van der Waals surface area contributed by atoms with E-state index in [4.69, 9.17) is 15.5 Å². The lowest BCUT2D eigenvalue weighted by Crippen LogP contribution is -2.52. The highest BCUT2D eigenvalue weighted by atomic mass is 79.9. The number of ether oxygens (including phenoxy) is 1. The van der Waals surface area contributed by atoms with E-state index in [1.807, 2.05) is 24.3 Å². The summed E-state index contributed by atoms with van der Waals surface area (Å²) >= 11 is 4.93. The number of carbonyl (C=O) groups excluding carboxylic acids is 2. The Bertz CT molecular complexity index is 1650. The van der Waals surface area contributed by atoms with Crippen LogP contribution < -0.4 is 5.73 Å². The fourth-order valence-electron chi connectivity index (χ4n) is 5.21. The molecule has 2 aromatic carbocycles. The third kappa shape index (κ3) is 4.31. The molecule has 2 aromatic heterocycles. The summed E-state index contributed by atoms with van der Waals surface area (Å²) in [5.41, 5.74) is 6.72. The molecule has 0 radical (unpaired) electrons. The van der Waals surface area contributed by atoms with Gasteiger partial charge in [-0.05, 0) is 43.2 Å². The van der Waals surface area contributed by atoms with Gasteiger partial charge >= 0.3 is 0 Å². The Kier molecular flexibility index (Phi) is 6.51. The van der Waals surface area contributed by atoms with Gasteiger partial charge in [-0.2, -0.15) is 4.31 Å². The lowest BCUT2D eigenvalue weighted by Gasteiger charge is -2.34. The van der Waals surface area contributed by atoms with Crippen LogP contribution in [0.3, 0.4) is 0 Å². The average molecular weight is 619 g/mol. The molecule has 2 unspecified atom stereocenters. The first-order chi connectivity index (χ1) is 18.2. The zero-order chi connectivity index (χ0) is 26.6. The molecule has 2 atom stereocenters. The second kappa shape index (κ2) is 9.72. The highest BCUT2D eigenvalue weighted by molar-refractivity contribution is 9.10. The van der Waals surface area contributed by atoms with Crippen molar-refractivity contribution < 1.29 is 22.7 Å². The number of nitrogens with one attached hydrogen (secondary N) is 1. The van der Waals surface area contributed by atoms with Crippen molar-refractivity contribution in [1.82, 2.24) is 19.2 Å². The Hall–Kier alpha value is -2.84. The van der Waals surface area contributed by atoms with E-state index >= 15 is 0 Å². The number of halogens is 1. The lowest BCUT2D eigenvalue weighted by molar-refractivity contribution is -0.148. The second-order valence-electron chi connectivity index (χ2n) is 9.32. The molecule has 3 N–H and O–H groups in total. The molecule has 13 heteroatoms. The fourth-order valence-corrected chi connectivity index (χ4v) is 8.45. The van der Waals surface area contributed by atoms with Gasteiger partial charge in [0.25, 0.3) is 11.8 Å². The summed E-state index contributed by atoms with van der Waals surface area (Å²) in [6.45, 7) is 0.483. The highest BCUT2D eigenvalue weighted by Crippen LogP contribution is 2.38. The number of sulfonamides is 1. The van der Waals surface area contributed by atoms with Gasteiger partial charge in [0, 0.05) is 35.0 Å². The van der Waals surface area contributed by atoms with E-state index in [9.17, 15) is 18.0 Å². The van der Waals surface area contributed by atoms with Crippen molar-refractivity contribution in [1.29, 1.82) is 0 Å². The van der Waals surface area contributed by atoms with Crippen molar-refractivity contribution in [3.63, 3.8) is 0 Å². The maximum absolute atomic E-state index is 13.9. The molecule has 38 heavy (non-hydrogen) atoms. The quantitative estimate of drug-likeness (QED) is 0.352. The maximum atomic E-state index is 13.9. The standard InChI is InChI=1S/C25H24BrN5O5S2/c26-14-7-8-16-15(12-14)22(21(28-16)23(27)32)38(34,35)30-10-11-36-19(13-30)25(33)31-9-3-5-18(31)24-29-17-4-1-2-6-20(17)37-24/h1-2,4,6-8,12,18-19,28H,3,5,9-11,13H2,(H2,27,32). The molecule has 4 heterocycles. The van der Waals surface area contributed by atoms with Gasteiger partial charge in [-0.25, -0.2) is 13.4 Å². The minimum atomic E-state index is -4.19. The molecule has 0 bridgehead atoms. The van der Waals surface area contributed by atoms with E-state index in [2.05, 4.69) is 20.9 Å².